The van der Waals surface area contributed by atoms with Crippen molar-refractivity contribution >= 4 is 0 Å². The highest BCUT2D eigenvalue weighted by molar-refractivity contribution is 5.31. The summed E-state index contributed by atoms with van der Waals surface area (Å²) in [5, 5.41) is 3.71. The van der Waals surface area contributed by atoms with Crippen molar-refractivity contribution < 1.29 is 0 Å². The summed E-state index contributed by atoms with van der Waals surface area (Å²) < 4.78 is 0. The van der Waals surface area contributed by atoms with Crippen LogP contribution in [-0.2, 0) is 0 Å². The van der Waals surface area contributed by atoms with Crippen LogP contribution in [-0.4, -0.2) is 6.54 Å². The molecule has 1 N–H and O–H groups in total. The molecule has 1 unspecified atom stereocenters. The Balaban J connectivity index is 2.68. The first-order valence-electron chi connectivity index (χ1n) is 7.85. The van der Waals surface area contributed by atoms with E-state index in [1.54, 1.807) is 0 Å². The van der Waals surface area contributed by atoms with Crippen LogP contribution in [0.15, 0.2) is 18.2 Å². The van der Waals surface area contributed by atoms with E-state index in [9.17, 15) is 0 Å². The molecular formula is C18H31N. The van der Waals surface area contributed by atoms with Gasteiger partial charge in [0.2, 0.25) is 0 Å². The third-order valence-electron chi connectivity index (χ3n) is 3.85. The summed E-state index contributed by atoms with van der Waals surface area (Å²) in [7, 11) is 0. The number of aryl methyl sites for hydroxylation is 2. The Bertz CT molecular complexity index is 368. The molecule has 0 fully saturated rings. The Hall–Kier alpha value is -0.820. The largest absolute Gasteiger partial charge is 0.310 e. The van der Waals surface area contributed by atoms with Crippen molar-refractivity contribution in [1.82, 2.24) is 5.32 Å². The van der Waals surface area contributed by atoms with Gasteiger partial charge in [-0.2, -0.15) is 0 Å². The molecule has 1 nitrogen and oxygen atoms in total. The van der Waals surface area contributed by atoms with Gasteiger partial charge in [0.25, 0.3) is 0 Å². The minimum Gasteiger partial charge on any atom is -0.310 e. The highest BCUT2D eigenvalue weighted by atomic mass is 14.9. The summed E-state index contributed by atoms with van der Waals surface area (Å²) in [6.07, 6.45) is 5.09. The van der Waals surface area contributed by atoms with Crippen LogP contribution >= 0.6 is 0 Å². The van der Waals surface area contributed by atoms with Gasteiger partial charge in [-0.3, -0.25) is 0 Å². The molecule has 0 saturated heterocycles. The topological polar surface area (TPSA) is 12.0 Å². The second-order valence-corrected chi connectivity index (χ2v) is 6.18. The molecule has 0 aromatic heterocycles. The summed E-state index contributed by atoms with van der Waals surface area (Å²) in [6, 6.07) is 7.44. The van der Waals surface area contributed by atoms with E-state index in [0.717, 1.165) is 12.5 Å². The molecule has 1 rings (SSSR count). The van der Waals surface area contributed by atoms with Gasteiger partial charge in [-0.05, 0) is 55.8 Å². The molecule has 0 aliphatic rings. The molecule has 0 heterocycles. The van der Waals surface area contributed by atoms with E-state index in [2.05, 4.69) is 58.1 Å². The van der Waals surface area contributed by atoms with Crippen molar-refractivity contribution in [2.24, 2.45) is 5.92 Å². The van der Waals surface area contributed by atoms with Gasteiger partial charge in [0.15, 0.2) is 0 Å². The number of hydrogen-bond acceptors (Lipinski definition) is 1. The molecule has 19 heavy (non-hydrogen) atoms. The van der Waals surface area contributed by atoms with Crippen molar-refractivity contribution in [3.63, 3.8) is 0 Å². The zero-order valence-corrected chi connectivity index (χ0v) is 13.4. The molecule has 0 amide bonds. The van der Waals surface area contributed by atoms with Gasteiger partial charge in [-0.1, -0.05) is 51.8 Å². The van der Waals surface area contributed by atoms with Crippen LogP contribution in [0.1, 0.15) is 69.2 Å². The molecule has 108 valence electrons. The Morgan fingerprint density at radius 3 is 2.37 bits per heavy atom. The molecule has 1 aromatic rings. The summed E-state index contributed by atoms with van der Waals surface area (Å²) in [4.78, 5) is 0. The molecule has 0 spiro atoms. The summed E-state index contributed by atoms with van der Waals surface area (Å²) in [5.41, 5.74) is 4.25. The number of benzene rings is 1. The van der Waals surface area contributed by atoms with Gasteiger partial charge in [-0.25, -0.2) is 0 Å². The van der Waals surface area contributed by atoms with Crippen LogP contribution in [0.4, 0.5) is 0 Å². The summed E-state index contributed by atoms with van der Waals surface area (Å²) >= 11 is 0. The maximum absolute atomic E-state index is 3.71. The van der Waals surface area contributed by atoms with Gasteiger partial charge in [0, 0.05) is 6.04 Å². The maximum atomic E-state index is 3.71. The zero-order chi connectivity index (χ0) is 14.3. The molecular weight excluding hydrogens is 230 g/mol. The van der Waals surface area contributed by atoms with Crippen molar-refractivity contribution in [1.29, 1.82) is 0 Å². The average molecular weight is 261 g/mol. The first-order chi connectivity index (χ1) is 9.04. The van der Waals surface area contributed by atoms with Crippen LogP contribution in [0.25, 0.3) is 0 Å². The van der Waals surface area contributed by atoms with Crippen molar-refractivity contribution in [3.05, 3.63) is 34.9 Å². The van der Waals surface area contributed by atoms with Crippen LogP contribution < -0.4 is 5.32 Å². The fourth-order valence-corrected chi connectivity index (χ4v) is 2.42. The Labute approximate surface area is 119 Å². The van der Waals surface area contributed by atoms with E-state index in [1.165, 1.54) is 42.4 Å². The molecule has 0 saturated carbocycles. The standard InChI is InChI=1S/C18H31N/c1-6-12-19-18(9-7-8-14(2)3)17-11-10-15(4)16(5)13-17/h10-11,13-14,18-19H,6-9,12H2,1-5H3. The molecule has 0 bridgehead atoms. The third kappa shape index (κ3) is 5.78. The minimum absolute atomic E-state index is 0.526. The lowest BCUT2D eigenvalue weighted by Crippen LogP contribution is -2.22. The van der Waals surface area contributed by atoms with Crippen molar-refractivity contribution in [2.75, 3.05) is 6.54 Å². The van der Waals surface area contributed by atoms with Crippen molar-refractivity contribution in [3.8, 4) is 0 Å². The predicted octanol–water partition coefficient (Wildman–Crippen LogP) is 5.17. The van der Waals surface area contributed by atoms with Crippen LogP contribution in [0, 0.1) is 19.8 Å². The zero-order valence-electron chi connectivity index (χ0n) is 13.4. The minimum atomic E-state index is 0.526. The van der Waals surface area contributed by atoms with E-state index in [-0.39, 0.29) is 0 Å². The lowest BCUT2D eigenvalue weighted by Gasteiger charge is -2.20. The van der Waals surface area contributed by atoms with E-state index < -0.39 is 0 Å². The first kappa shape index (κ1) is 16.2. The van der Waals surface area contributed by atoms with Gasteiger partial charge < -0.3 is 5.32 Å². The molecule has 1 atom stereocenters. The average Bonchev–Trinajstić information content (AvgIpc) is 2.36. The summed E-state index contributed by atoms with van der Waals surface area (Å²) in [5.74, 6) is 0.812. The molecule has 0 aliphatic heterocycles. The molecule has 1 aromatic carbocycles. The molecule has 1 heteroatoms. The van der Waals surface area contributed by atoms with E-state index in [4.69, 9.17) is 0 Å². The van der Waals surface area contributed by atoms with Gasteiger partial charge >= 0.3 is 0 Å². The van der Waals surface area contributed by atoms with E-state index in [0.29, 0.717) is 6.04 Å². The Kier molecular flexibility index (Phi) is 7.15. The highest BCUT2D eigenvalue weighted by Crippen LogP contribution is 2.23. The van der Waals surface area contributed by atoms with Gasteiger partial charge in [-0.15, -0.1) is 0 Å². The van der Waals surface area contributed by atoms with Gasteiger partial charge in [0.05, 0.1) is 0 Å². The predicted molar refractivity (Wildman–Crippen MR) is 85.6 cm³/mol. The highest BCUT2D eigenvalue weighted by Gasteiger charge is 2.11. The second-order valence-electron chi connectivity index (χ2n) is 6.18. The number of nitrogens with one attached hydrogen (secondary N) is 1. The third-order valence-corrected chi connectivity index (χ3v) is 3.85. The molecule has 0 aliphatic carbocycles. The fourth-order valence-electron chi connectivity index (χ4n) is 2.42. The van der Waals surface area contributed by atoms with E-state index in [1.807, 2.05) is 0 Å². The fraction of sp³-hybridized carbons (Fsp3) is 0.667. The SMILES string of the molecule is CCCNC(CCCC(C)C)c1ccc(C)c(C)c1. The van der Waals surface area contributed by atoms with Crippen LogP contribution in [0.3, 0.4) is 0 Å². The van der Waals surface area contributed by atoms with Crippen LogP contribution in [0.5, 0.6) is 0 Å². The number of hydrogen-bond donors (Lipinski definition) is 1. The quantitative estimate of drug-likeness (QED) is 0.680. The Morgan fingerprint density at radius 1 is 1.05 bits per heavy atom. The van der Waals surface area contributed by atoms with Crippen molar-refractivity contribution in [2.45, 2.75) is 66.3 Å². The first-order valence-corrected chi connectivity index (χ1v) is 7.85. The monoisotopic (exact) mass is 261 g/mol. The molecule has 0 radical (unpaired) electrons. The summed E-state index contributed by atoms with van der Waals surface area (Å²) in [6.45, 7) is 12.4. The normalized spacial score (nSPS) is 12.9. The van der Waals surface area contributed by atoms with Crippen LogP contribution in [0.2, 0.25) is 0 Å². The van der Waals surface area contributed by atoms with Gasteiger partial charge in [0.1, 0.15) is 0 Å². The van der Waals surface area contributed by atoms with E-state index >= 15 is 0 Å². The maximum Gasteiger partial charge on any atom is 0.0320 e. The lowest BCUT2D eigenvalue weighted by atomic mass is 9.95. The lowest BCUT2D eigenvalue weighted by molar-refractivity contribution is 0.447. The second kappa shape index (κ2) is 8.37. The number of rotatable bonds is 8. The Morgan fingerprint density at radius 2 is 1.79 bits per heavy atom. The smallest absolute Gasteiger partial charge is 0.0320 e.